The minimum atomic E-state index is 0.0300. The summed E-state index contributed by atoms with van der Waals surface area (Å²) in [6.45, 7) is 7.44. The van der Waals surface area contributed by atoms with Crippen LogP contribution < -0.4 is 0 Å². The van der Waals surface area contributed by atoms with Crippen molar-refractivity contribution in [3.63, 3.8) is 0 Å². The maximum absolute atomic E-state index is 5.29. The zero-order valence-electron chi connectivity index (χ0n) is 11.1. The third-order valence-corrected chi connectivity index (χ3v) is 3.79. The van der Waals surface area contributed by atoms with Crippen LogP contribution in [0.1, 0.15) is 32.3 Å². The molecule has 5 heteroatoms. The van der Waals surface area contributed by atoms with Crippen LogP contribution in [0.25, 0.3) is 0 Å². The van der Waals surface area contributed by atoms with Crippen molar-refractivity contribution in [3.05, 3.63) is 20.6 Å². The Morgan fingerprint density at radius 3 is 2.41 bits per heavy atom. The smallest absolute Gasteiger partial charge is 0.144 e. The molecule has 0 aliphatic heterocycles. The van der Waals surface area contributed by atoms with Gasteiger partial charge in [0.05, 0.1) is 4.47 Å². The van der Waals surface area contributed by atoms with Crippen molar-refractivity contribution < 1.29 is 0 Å². The second kappa shape index (κ2) is 5.59. The molecule has 0 unspecified atom stereocenters. The van der Waals surface area contributed by atoms with E-state index in [2.05, 4.69) is 65.7 Å². The number of aromatic nitrogens is 2. The van der Waals surface area contributed by atoms with E-state index in [0.717, 1.165) is 29.0 Å². The van der Waals surface area contributed by atoms with Crippen LogP contribution in [0.15, 0.2) is 4.47 Å². The van der Waals surface area contributed by atoms with Crippen LogP contribution in [0.4, 0.5) is 0 Å². The fourth-order valence-electron chi connectivity index (χ4n) is 1.47. The standard InChI is InChI=1S/C12H20BrN3S/c1-12(2,3)10-9(13)11(17)15-8(14-10)6-7-16(4)5/h6-7H2,1-5H3,(H,14,15,17). The minimum Gasteiger partial charge on any atom is -0.346 e. The number of nitrogens with zero attached hydrogens (tertiary/aromatic N) is 2. The topological polar surface area (TPSA) is 31.9 Å². The summed E-state index contributed by atoms with van der Waals surface area (Å²) in [5.74, 6) is 0.955. The monoisotopic (exact) mass is 317 g/mol. The fraction of sp³-hybridized carbons (Fsp3) is 0.667. The molecular weight excluding hydrogens is 298 g/mol. The minimum absolute atomic E-state index is 0.0300. The first-order chi connectivity index (χ1) is 7.71. The van der Waals surface area contributed by atoms with E-state index >= 15 is 0 Å². The van der Waals surface area contributed by atoms with Crippen molar-refractivity contribution in [2.24, 2.45) is 0 Å². The van der Waals surface area contributed by atoms with Crippen molar-refractivity contribution >= 4 is 28.1 Å². The summed E-state index contributed by atoms with van der Waals surface area (Å²) < 4.78 is 1.55. The summed E-state index contributed by atoms with van der Waals surface area (Å²) in [6, 6.07) is 0. The molecule has 3 nitrogen and oxygen atoms in total. The molecule has 0 aliphatic rings. The van der Waals surface area contributed by atoms with Crippen LogP contribution >= 0.6 is 28.1 Å². The molecule has 1 rings (SSSR count). The lowest BCUT2D eigenvalue weighted by Gasteiger charge is -2.21. The number of hydrogen-bond donors (Lipinski definition) is 1. The van der Waals surface area contributed by atoms with Gasteiger partial charge in [-0.2, -0.15) is 0 Å². The predicted octanol–water partition coefficient (Wildman–Crippen LogP) is 3.30. The first-order valence-corrected chi connectivity index (χ1v) is 6.86. The zero-order valence-corrected chi connectivity index (χ0v) is 13.5. The van der Waals surface area contributed by atoms with Gasteiger partial charge in [0.2, 0.25) is 0 Å². The number of nitrogens with one attached hydrogen (secondary N) is 1. The highest BCUT2D eigenvalue weighted by molar-refractivity contribution is 9.10. The van der Waals surface area contributed by atoms with Crippen molar-refractivity contribution in [3.8, 4) is 0 Å². The number of aromatic amines is 1. The molecule has 0 aliphatic carbocycles. The third kappa shape index (κ3) is 4.16. The average Bonchev–Trinajstić information content (AvgIpc) is 2.17. The molecule has 17 heavy (non-hydrogen) atoms. The van der Waals surface area contributed by atoms with Crippen molar-refractivity contribution in [1.82, 2.24) is 14.9 Å². The summed E-state index contributed by atoms with van der Waals surface area (Å²) in [6.07, 6.45) is 0.882. The Hall–Kier alpha value is -0.260. The number of hydrogen-bond acceptors (Lipinski definition) is 3. The summed E-state index contributed by atoms with van der Waals surface area (Å²) in [7, 11) is 4.11. The Kier molecular flexibility index (Phi) is 4.86. The van der Waals surface area contributed by atoms with E-state index in [-0.39, 0.29) is 5.41 Å². The Morgan fingerprint density at radius 1 is 1.35 bits per heavy atom. The van der Waals surface area contributed by atoms with Crippen LogP contribution in [0.2, 0.25) is 0 Å². The van der Waals surface area contributed by atoms with E-state index in [0.29, 0.717) is 4.64 Å². The average molecular weight is 318 g/mol. The van der Waals surface area contributed by atoms with Gasteiger partial charge in [-0.15, -0.1) is 0 Å². The molecule has 1 aromatic rings. The van der Waals surface area contributed by atoms with Crippen LogP contribution in [0.5, 0.6) is 0 Å². The molecule has 1 N–H and O–H groups in total. The summed E-state index contributed by atoms with van der Waals surface area (Å²) >= 11 is 8.81. The van der Waals surface area contributed by atoms with Crippen molar-refractivity contribution in [1.29, 1.82) is 0 Å². The summed E-state index contributed by atoms with van der Waals surface area (Å²) in [4.78, 5) is 9.94. The van der Waals surface area contributed by atoms with E-state index in [1.165, 1.54) is 0 Å². The molecule has 0 saturated heterocycles. The van der Waals surface area contributed by atoms with Gasteiger partial charge in [-0.3, -0.25) is 0 Å². The molecule has 0 amide bonds. The first-order valence-electron chi connectivity index (χ1n) is 5.65. The molecule has 0 saturated carbocycles. The second-order valence-corrected chi connectivity index (χ2v) is 6.66. The quantitative estimate of drug-likeness (QED) is 0.868. The highest BCUT2D eigenvalue weighted by Crippen LogP contribution is 2.28. The number of likely N-dealkylation sites (N-methyl/N-ethyl adjacent to an activating group) is 1. The fourth-order valence-corrected chi connectivity index (χ4v) is 2.47. The SMILES string of the molecule is CN(C)CCc1nc(=S)c(Br)c(C(C)(C)C)[nH]1. The largest absolute Gasteiger partial charge is 0.346 e. The van der Waals surface area contributed by atoms with E-state index in [9.17, 15) is 0 Å². The van der Waals surface area contributed by atoms with Gasteiger partial charge >= 0.3 is 0 Å². The van der Waals surface area contributed by atoms with Gasteiger partial charge in [0, 0.05) is 24.1 Å². The molecule has 0 spiro atoms. The van der Waals surface area contributed by atoms with Crippen LogP contribution in [-0.4, -0.2) is 35.5 Å². The van der Waals surface area contributed by atoms with Gasteiger partial charge in [0.25, 0.3) is 0 Å². The van der Waals surface area contributed by atoms with Gasteiger partial charge in [0.15, 0.2) is 0 Å². The van der Waals surface area contributed by atoms with Gasteiger partial charge in [-0.25, -0.2) is 4.98 Å². The van der Waals surface area contributed by atoms with Crippen LogP contribution in [-0.2, 0) is 11.8 Å². The van der Waals surface area contributed by atoms with Gasteiger partial charge < -0.3 is 9.88 Å². The Labute approximate surface area is 117 Å². The Bertz CT molecular complexity index is 446. The maximum Gasteiger partial charge on any atom is 0.144 e. The normalized spacial score (nSPS) is 12.2. The summed E-state index contributed by atoms with van der Waals surface area (Å²) in [5.41, 5.74) is 1.15. The van der Waals surface area contributed by atoms with Crippen LogP contribution in [0, 0.1) is 4.64 Å². The van der Waals surface area contributed by atoms with E-state index in [1.54, 1.807) is 0 Å². The van der Waals surface area contributed by atoms with Gasteiger partial charge in [0.1, 0.15) is 10.5 Å². The number of halogens is 1. The van der Waals surface area contributed by atoms with Crippen molar-refractivity contribution in [2.75, 3.05) is 20.6 Å². The molecule has 1 heterocycles. The second-order valence-electron chi connectivity index (χ2n) is 5.48. The van der Waals surface area contributed by atoms with Crippen LogP contribution in [0.3, 0.4) is 0 Å². The molecular formula is C12H20BrN3S. The highest BCUT2D eigenvalue weighted by Gasteiger charge is 2.19. The number of rotatable bonds is 3. The van der Waals surface area contributed by atoms with Crippen molar-refractivity contribution in [2.45, 2.75) is 32.6 Å². The molecule has 0 fully saturated rings. The molecule has 0 aromatic carbocycles. The third-order valence-electron chi connectivity index (χ3n) is 2.46. The van der Waals surface area contributed by atoms with E-state index < -0.39 is 0 Å². The molecule has 1 aromatic heterocycles. The molecule has 0 radical (unpaired) electrons. The number of H-pyrrole nitrogens is 1. The molecule has 96 valence electrons. The summed E-state index contributed by atoms with van der Waals surface area (Å²) in [5, 5.41) is 0. The lowest BCUT2D eigenvalue weighted by molar-refractivity contribution is 0.408. The zero-order chi connectivity index (χ0) is 13.2. The first kappa shape index (κ1) is 14.8. The Morgan fingerprint density at radius 2 is 1.94 bits per heavy atom. The van der Waals surface area contributed by atoms with Gasteiger partial charge in [-0.05, 0) is 30.0 Å². The lowest BCUT2D eigenvalue weighted by atomic mass is 9.92. The van der Waals surface area contributed by atoms with E-state index in [4.69, 9.17) is 12.2 Å². The lowest BCUT2D eigenvalue weighted by Crippen LogP contribution is -2.20. The van der Waals surface area contributed by atoms with E-state index in [1.807, 2.05) is 0 Å². The highest BCUT2D eigenvalue weighted by atomic mass is 79.9. The molecule has 0 atom stereocenters. The maximum atomic E-state index is 5.29. The predicted molar refractivity (Wildman–Crippen MR) is 78.1 cm³/mol. The van der Waals surface area contributed by atoms with Gasteiger partial charge in [-0.1, -0.05) is 33.0 Å². The molecule has 0 bridgehead atoms. The Balaban J connectivity index is 3.11.